The van der Waals surface area contributed by atoms with Gasteiger partial charge in [-0.3, -0.25) is 4.79 Å². The minimum Gasteiger partial charge on any atom is -0.475 e. The first kappa shape index (κ1) is 17.7. The molecule has 0 aromatic carbocycles. The lowest BCUT2D eigenvalue weighted by Gasteiger charge is -2.26. The van der Waals surface area contributed by atoms with Gasteiger partial charge in [-0.15, -0.1) is 0 Å². The van der Waals surface area contributed by atoms with Crippen LogP contribution in [0.5, 0.6) is 0 Å². The van der Waals surface area contributed by atoms with Crippen molar-refractivity contribution in [1.82, 2.24) is 10.6 Å². The maximum Gasteiger partial charge on any atom is 0.490 e. The second-order valence-electron chi connectivity index (χ2n) is 5.12. The van der Waals surface area contributed by atoms with Crippen molar-refractivity contribution in [2.75, 3.05) is 13.1 Å². The van der Waals surface area contributed by atoms with Crippen molar-refractivity contribution in [3.8, 4) is 0 Å². The van der Waals surface area contributed by atoms with Gasteiger partial charge in [0.25, 0.3) is 0 Å². The van der Waals surface area contributed by atoms with Crippen molar-refractivity contribution < 1.29 is 33.0 Å². The smallest absolute Gasteiger partial charge is 0.475 e. The second-order valence-corrected chi connectivity index (χ2v) is 5.12. The summed E-state index contributed by atoms with van der Waals surface area (Å²) >= 11 is 0. The molecule has 2 aliphatic rings. The third-order valence-corrected chi connectivity index (χ3v) is 3.27. The van der Waals surface area contributed by atoms with Gasteiger partial charge in [-0.2, -0.15) is 13.2 Å². The van der Waals surface area contributed by atoms with E-state index in [1.54, 1.807) is 0 Å². The first-order valence-corrected chi connectivity index (χ1v) is 6.71. The normalized spacial score (nSPS) is 21.0. The predicted molar refractivity (Wildman–Crippen MR) is 66.5 cm³/mol. The summed E-state index contributed by atoms with van der Waals surface area (Å²) in [4.78, 5) is 20.4. The van der Waals surface area contributed by atoms with E-state index in [1.165, 1.54) is 0 Å². The van der Waals surface area contributed by atoms with E-state index >= 15 is 0 Å². The van der Waals surface area contributed by atoms with Crippen LogP contribution in [0.3, 0.4) is 0 Å². The maximum atomic E-state index is 11.5. The second kappa shape index (κ2) is 7.60. The standard InChI is InChI=1S/C10H18N2O2.C2HF3O2/c13-9(7-3-5-11-6-4-7)10(14)12-8-1-2-8;3-2(4,5)1(6)7/h7-9,11,13H,1-6H2,(H,12,14);(H,6,7). The fourth-order valence-corrected chi connectivity index (χ4v) is 1.89. The number of rotatable bonds is 3. The quantitative estimate of drug-likeness (QED) is 0.599. The molecule has 2 fully saturated rings. The van der Waals surface area contributed by atoms with Gasteiger partial charge in [0, 0.05) is 6.04 Å². The minimum absolute atomic E-state index is 0.148. The van der Waals surface area contributed by atoms with Crippen LogP contribution in [0.2, 0.25) is 0 Å². The molecule has 1 saturated heterocycles. The number of hydrogen-bond acceptors (Lipinski definition) is 4. The Kier molecular flexibility index (Phi) is 6.41. The van der Waals surface area contributed by atoms with E-state index in [1.807, 2.05) is 0 Å². The van der Waals surface area contributed by atoms with Gasteiger partial charge in [0.15, 0.2) is 0 Å². The molecule has 9 heteroatoms. The highest BCUT2D eigenvalue weighted by molar-refractivity contribution is 5.81. The summed E-state index contributed by atoms with van der Waals surface area (Å²) in [6.45, 7) is 1.83. The van der Waals surface area contributed by atoms with Crippen LogP contribution in [-0.2, 0) is 9.59 Å². The topological polar surface area (TPSA) is 98.7 Å². The number of alkyl halides is 3. The number of carboxylic acids is 1. The summed E-state index contributed by atoms with van der Waals surface area (Å²) < 4.78 is 31.7. The largest absolute Gasteiger partial charge is 0.490 e. The molecule has 1 amide bonds. The van der Waals surface area contributed by atoms with Crippen molar-refractivity contribution in [1.29, 1.82) is 0 Å². The molecule has 1 saturated carbocycles. The van der Waals surface area contributed by atoms with Gasteiger partial charge < -0.3 is 20.8 Å². The molecule has 0 spiro atoms. The maximum absolute atomic E-state index is 11.5. The molecule has 0 aromatic rings. The Balaban J connectivity index is 0.000000270. The van der Waals surface area contributed by atoms with Crippen LogP contribution in [0.15, 0.2) is 0 Å². The van der Waals surface area contributed by atoms with E-state index in [4.69, 9.17) is 9.90 Å². The molecule has 21 heavy (non-hydrogen) atoms. The van der Waals surface area contributed by atoms with Gasteiger partial charge in [-0.05, 0) is 44.7 Å². The average Bonchev–Trinajstić information content (AvgIpc) is 3.22. The number of piperidine rings is 1. The van der Waals surface area contributed by atoms with E-state index < -0.39 is 18.2 Å². The van der Waals surface area contributed by atoms with E-state index in [9.17, 15) is 23.1 Å². The number of hydrogen-bond donors (Lipinski definition) is 4. The molecule has 1 atom stereocenters. The third-order valence-electron chi connectivity index (χ3n) is 3.27. The molecule has 6 nitrogen and oxygen atoms in total. The molecule has 1 aliphatic heterocycles. The van der Waals surface area contributed by atoms with E-state index in [0.717, 1.165) is 38.8 Å². The zero-order valence-electron chi connectivity index (χ0n) is 11.3. The van der Waals surface area contributed by atoms with Gasteiger partial charge in [0.05, 0.1) is 0 Å². The lowest BCUT2D eigenvalue weighted by molar-refractivity contribution is -0.192. The number of aliphatic hydroxyl groups excluding tert-OH is 1. The van der Waals surface area contributed by atoms with Gasteiger partial charge >= 0.3 is 12.1 Å². The van der Waals surface area contributed by atoms with E-state index in [-0.39, 0.29) is 11.8 Å². The molecule has 1 aliphatic carbocycles. The summed E-state index contributed by atoms with van der Waals surface area (Å²) in [5, 5.41) is 23.0. The van der Waals surface area contributed by atoms with Crippen LogP contribution in [0, 0.1) is 5.92 Å². The fraction of sp³-hybridized carbons (Fsp3) is 0.833. The van der Waals surface area contributed by atoms with E-state index in [2.05, 4.69) is 10.6 Å². The summed E-state index contributed by atoms with van der Waals surface area (Å²) in [5.41, 5.74) is 0. The van der Waals surface area contributed by atoms with Gasteiger partial charge in [0.1, 0.15) is 6.10 Å². The molecule has 1 unspecified atom stereocenters. The first-order valence-electron chi connectivity index (χ1n) is 6.71. The Morgan fingerprint density at radius 1 is 1.14 bits per heavy atom. The molecule has 0 bridgehead atoms. The molecule has 4 N–H and O–H groups in total. The lowest BCUT2D eigenvalue weighted by Crippen LogP contribution is -2.44. The zero-order chi connectivity index (χ0) is 16.0. The summed E-state index contributed by atoms with van der Waals surface area (Å²) in [7, 11) is 0. The molecule has 0 radical (unpaired) electrons. The van der Waals surface area contributed by atoms with E-state index in [0.29, 0.717) is 6.04 Å². The van der Waals surface area contributed by atoms with Gasteiger partial charge in [-0.1, -0.05) is 0 Å². The molecular formula is C12H19F3N2O4. The number of carbonyl (C=O) groups excluding carboxylic acids is 1. The van der Waals surface area contributed by atoms with Crippen LogP contribution in [0.4, 0.5) is 13.2 Å². The Morgan fingerprint density at radius 3 is 2.00 bits per heavy atom. The summed E-state index contributed by atoms with van der Waals surface area (Å²) in [5.74, 6) is -2.78. The molecule has 122 valence electrons. The number of aliphatic carboxylic acids is 1. The zero-order valence-corrected chi connectivity index (χ0v) is 11.3. The highest BCUT2D eigenvalue weighted by Gasteiger charge is 2.38. The average molecular weight is 312 g/mol. The number of aliphatic hydroxyl groups is 1. The highest BCUT2D eigenvalue weighted by Crippen LogP contribution is 2.21. The monoisotopic (exact) mass is 312 g/mol. The van der Waals surface area contributed by atoms with Crippen LogP contribution in [-0.4, -0.2) is 53.5 Å². The molecule has 1 heterocycles. The van der Waals surface area contributed by atoms with Crippen molar-refractivity contribution in [3.63, 3.8) is 0 Å². The fourth-order valence-electron chi connectivity index (χ4n) is 1.89. The minimum atomic E-state index is -5.08. The van der Waals surface area contributed by atoms with Crippen molar-refractivity contribution in [2.24, 2.45) is 5.92 Å². The third kappa shape index (κ3) is 6.76. The van der Waals surface area contributed by atoms with Crippen molar-refractivity contribution in [3.05, 3.63) is 0 Å². The van der Waals surface area contributed by atoms with Gasteiger partial charge in [0.2, 0.25) is 5.91 Å². The molecule has 2 rings (SSSR count). The Morgan fingerprint density at radius 2 is 1.62 bits per heavy atom. The lowest BCUT2D eigenvalue weighted by atomic mass is 9.92. The van der Waals surface area contributed by atoms with Crippen LogP contribution < -0.4 is 10.6 Å². The Hall–Kier alpha value is -1.35. The number of carbonyl (C=O) groups is 2. The molecule has 0 aromatic heterocycles. The number of amides is 1. The number of halogens is 3. The summed E-state index contributed by atoms with van der Waals surface area (Å²) in [6.07, 6.45) is -1.92. The number of nitrogens with one attached hydrogen (secondary N) is 2. The number of carboxylic acid groups (broad SMARTS) is 1. The molecular weight excluding hydrogens is 293 g/mol. The van der Waals surface area contributed by atoms with Crippen LogP contribution in [0.25, 0.3) is 0 Å². The Labute approximate surface area is 119 Å². The highest BCUT2D eigenvalue weighted by atomic mass is 19.4. The van der Waals surface area contributed by atoms with Gasteiger partial charge in [-0.25, -0.2) is 4.79 Å². The van der Waals surface area contributed by atoms with Crippen LogP contribution in [0.1, 0.15) is 25.7 Å². The van der Waals surface area contributed by atoms with Crippen molar-refractivity contribution >= 4 is 11.9 Å². The summed E-state index contributed by atoms with van der Waals surface area (Å²) in [6, 6.07) is 0.346. The van der Waals surface area contributed by atoms with Crippen molar-refractivity contribution in [2.45, 2.75) is 44.0 Å². The van der Waals surface area contributed by atoms with Crippen LogP contribution >= 0.6 is 0 Å². The first-order chi connectivity index (χ1) is 9.71. The Bertz CT molecular complexity index is 366. The predicted octanol–water partition coefficient (Wildman–Crippen LogP) is 0.259. The SMILES string of the molecule is O=C(NC1CC1)C(O)C1CCNCC1.O=C(O)C(F)(F)F.